The highest BCUT2D eigenvalue weighted by atomic mass is 35.5. The molecule has 0 aromatic heterocycles. The first kappa shape index (κ1) is 21.0. The first-order chi connectivity index (χ1) is 12.0. The Bertz CT molecular complexity index is 730. The molecule has 9 heteroatoms. The van der Waals surface area contributed by atoms with Crippen molar-refractivity contribution >= 4 is 34.0 Å². The van der Waals surface area contributed by atoms with Gasteiger partial charge in [0.2, 0.25) is 15.9 Å². The van der Waals surface area contributed by atoms with Crippen molar-refractivity contribution < 1.29 is 17.9 Å². The van der Waals surface area contributed by atoms with Crippen molar-refractivity contribution in [3.63, 3.8) is 0 Å². The van der Waals surface area contributed by atoms with Crippen LogP contribution in [-0.2, 0) is 14.8 Å². The number of carbonyl (C=O) groups is 1. The number of amides is 1. The minimum absolute atomic E-state index is 0. The van der Waals surface area contributed by atoms with E-state index in [1.807, 2.05) is 6.92 Å². The van der Waals surface area contributed by atoms with Crippen LogP contribution in [0.25, 0.3) is 0 Å². The highest BCUT2D eigenvalue weighted by Gasteiger charge is 2.31. The molecule has 2 saturated heterocycles. The summed E-state index contributed by atoms with van der Waals surface area (Å²) in [5, 5.41) is 5.99. The number of anilines is 1. The maximum atomic E-state index is 12.9. The SMILES string of the molecule is CCOc1ccc(NC(=O)C2CCNC2)cc1S(=O)(=O)N1CCCC1.Cl. The van der Waals surface area contributed by atoms with Crippen molar-refractivity contribution in [2.45, 2.75) is 31.1 Å². The molecule has 2 fully saturated rings. The van der Waals surface area contributed by atoms with E-state index in [0.29, 0.717) is 37.7 Å². The van der Waals surface area contributed by atoms with E-state index in [-0.39, 0.29) is 29.1 Å². The van der Waals surface area contributed by atoms with Crippen molar-refractivity contribution in [2.75, 3.05) is 38.1 Å². The van der Waals surface area contributed by atoms with Gasteiger partial charge in [0.25, 0.3) is 0 Å². The molecule has 1 aromatic rings. The predicted molar refractivity (Wildman–Crippen MR) is 102 cm³/mol. The molecular weight excluding hydrogens is 378 g/mol. The summed E-state index contributed by atoms with van der Waals surface area (Å²) < 4.78 is 32.9. The average Bonchev–Trinajstić information content (AvgIpc) is 3.30. The van der Waals surface area contributed by atoms with Crippen LogP contribution in [0.3, 0.4) is 0 Å². The van der Waals surface area contributed by atoms with Gasteiger partial charge in [-0.1, -0.05) is 0 Å². The quantitative estimate of drug-likeness (QED) is 0.756. The summed E-state index contributed by atoms with van der Waals surface area (Å²) in [5.41, 5.74) is 0.484. The predicted octanol–water partition coefficient (Wildman–Crippen LogP) is 1.84. The Balaban J connectivity index is 0.00000243. The van der Waals surface area contributed by atoms with Crippen molar-refractivity contribution in [3.8, 4) is 5.75 Å². The normalized spacial score (nSPS) is 20.6. The van der Waals surface area contributed by atoms with E-state index < -0.39 is 10.0 Å². The largest absolute Gasteiger partial charge is 0.492 e. The number of sulfonamides is 1. The highest BCUT2D eigenvalue weighted by molar-refractivity contribution is 7.89. The molecule has 3 rings (SSSR count). The van der Waals surface area contributed by atoms with E-state index in [2.05, 4.69) is 10.6 Å². The molecule has 2 heterocycles. The summed E-state index contributed by atoms with van der Waals surface area (Å²) in [6, 6.07) is 4.82. The van der Waals surface area contributed by atoms with Gasteiger partial charge in [-0.15, -0.1) is 12.4 Å². The molecule has 2 N–H and O–H groups in total. The van der Waals surface area contributed by atoms with Gasteiger partial charge in [0, 0.05) is 25.3 Å². The maximum Gasteiger partial charge on any atom is 0.246 e. The zero-order valence-electron chi connectivity index (χ0n) is 14.9. The van der Waals surface area contributed by atoms with Gasteiger partial charge in [-0.25, -0.2) is 8.42 Å². The minimum atomic E-state index is -3.62. The Labute approximate surface area is 160 Å². The lowest BCUT2D eigenvalue weighted by atomic mass is 10.1. The van der Waals surface area contributed by atoms with Gasteiger partial charge in [-0.05, 0) is 50.9 Å². The minimum Gasteiger partial charge on any atom is -0.492 e. The molecular formula is C17H26ClN3O4S. The lowest BCUT2D eigenvalue weighted by Gasteiger charge is -2.19. The highest BCUT2D eigenvalue weighted by Crippen LogP contribution is 2.31. The third-order valence-electron chi connectivity index (χ3n) is 4.63. The lowest BCUT2D eigenvalue weighted by molar-refractivity contribution is -0.119. The molecule has 146 valence electrons. The zero-order valence-corrected chi connectivity index (χ0v) is 16.5. The number of carbonyl (C=O) groups excluding carboxylic acids is 1. The Hall–Kier alpha value is -1.35. The van der Waals surface area contributed by atoms with Crippen molar-refractivity contribution in [2.24, 2.45) is 5.92 Å². The molecule has 0 bridgehead atoms. The standard InChI is InChI=1S/C17H25N3O4S.ClH/c1-2-24-15-6-5-14(19-17(21)13-7-8-18-12-13)11-16(15)25(22,23)20-9-3-4-10-20;/h5-6,11,13,18H,2-4,7-10,12H2,1H3,(H,19,21);1H. The maximum absolute atomic E-state index is 12.9. The van der Waals surface area contributed by atoms with Gasteiger partial charge in [-0.2, -0.15) is 4.31 Å². The van der Waals surface area contributed by atoms with Crippen LogP contribution in [0.15, 0.2) is 23.1 Å². The number of hydrogen-bond donors (Lipinski definition) is 2. The van der Waals surface area contributed by atoms with Gasteiger partial charge in [0.05, 0.1) is 12.5 Å². The van der Waals surface area contributed by atoms with Gasteiger partial charge >= 0.3 is 0 Å². The molecule has 7 nitrogen and oxygen atoms in total. The van der Waals surface area contributed by atoms with Crippen molar-refractivity contribution in [1.82, 2.24) is 9.62 Å². The van der Waals surface area contributed by atoms with Crippen molar-refractivity contribution in [3.05, 3.63) is 18.2 Å². The fourth-order valence-corrected chi connectivity index (χ4v) is 4.93. The van der Waals surface area contributed by atoms with E-state index >= 15 is 0 Å². The van der Waals surface area contributed by atoms with Gasteiger partial charge < -0.3 is 15.4 Å². The number of rotatable bonds is 6. The van der Waals surface area contributed by atoms with Crippen LogP contribution >= 0.6 is 12.4 Å². The molecule has 1 amide bonds. The van der Waals surface area contributed by atoms with Crippen LogP contribution in [0, 0.1) is 5.92 Å². The molecule has 2 aliphatic heterocycles. The molecule has 0 saturated carbocycles. The lowest BCUT2D eigenvalue weighted by Crippen LogP contribution is -2.29. The van der Waals surface area contributed by atoms with Crippen LogP contribution in [0.2, 0.25) is 0 Å². The second-order valence-electron chi connectivity index (χ2n) is 6.38. The van der Waals surface area contributed by atoms with Crippen LogP contribution < -0.4 is 15.4 Å². The van der Waals surface area contributed by atoms with Gasteiger partial charge in [0.1, 0.15) is 10.6 Å². The van der Waals surface area contributed by atoms with Crippen LogP contribution in [-0.4, -0.2) is 51.4 Å². The molecule has 1 unspecified atom stereocenters. The third kappa shape index (κ3) is 4.49. The smallest absolute Gasteiger partial charge is 0.246 e. The molecule has 0 spiro atoms. The molecule has 2 aliphatic rings. The second kappa shape index (κ2) is 9.03. The second-order valence-corrected chi connectivity index (χ2v) is 8.29. The Morgan fingerprint density at radius 3 is 2.69 bits per heavy atom. The summed E-state index contributed by atoms with van der Waals surface area (Å²) in [7, 11) is -3.62. The molecule has 0 aliphatic carbocycles. The van der Waals surface area contributed by atoms with Gasteiger partial charge in [0.15, 0.2) is 0 Å². The fourth-order valence-electron chi connectivity index (χ4n) is 3.25. The van der Waals surface area contributed by atoms with Crippen LogP contribution in [0.1, 0.15) is 26.2 Å². The summed E-state index contributed by atoms with van der Waals surface area (Å²) in [4.78, 5) is 12.4. The summed E-state index contributed by atoms with van der Waals surface area (Å²) in [5.74, 6) is 0.166. The van der Waals surface area contributed by atoms with E-state index in [0.717, 1.165) is 25.8 Å². The van der Waals surface area contributed by atoms with E-state index in [9.17, 15) is 13.2 Å². The molecule has 1 aromatic carbocycles. The number of ether oxygens (including phenoxy) is 1. The topological polar surface area (TPSA) is 87.7 Å². The monoisotopic (exact) mass is 403 g/mol. The van der Waals surface area contributed by atoms with E-state index in [1.165, 1.54) is 10.4 Å². The van der Waals surface area contributed by atoms with Crippen LogP contribution in [0.4, 0.5) is 5.69 Å². The van der Waals surface area contributed by atoms with E-state index in [1.54, 1.807) is 12.1 Å². The number of nitrogens with zero attached hydrogens (tertiary/aromatic N) is 1. The summed E-state index contributed by atoms with van der Waals surface area (Å²) >= 11 is 0. The number of hydrogen-bond acceptors (Lipinski definition) is 5. The summed E-state index contributed by atoms with van der Waals surface area (Å²) in [6.07, 6.45) is 2.53. The van der Waals surface area contributed by atoms with Gasteiger partial charge in [-0.3, -0.25) is 4.79 Å². The van der Waals surface area contributed by atoms with E-state index in [4.69, 9.17) is 4.74 Å². The van der Waals surface area contributed by atoms with Crippen LogP contribution in [0.5, 0.6) is 5.75 Å². The first-order valence-electron chi connectivity index (χ1n) is 8.81. The number of benzene rings is 1. The Kier molecular flexibility index (Phi) is 7.28. The average molecular weight is 404 g/mol. The fraction of sp³-hybridized carbons (Fsp3) is 0.588. The number of nitrogens with one attached hydrogen (secondary N) is 2. The Morgan fingerprint density at radius 2 is 2.08 bits per heavy atom. The third-order valence-corrected chi connectivity index (χ3v) is 6.54. The Morgan fingerprint density at radius 1 is 1.35 bits per heavy atom. The molecule has 26 heavy (non-hydrogen) atoms. The number of halogens is 1. The molecule has 0 radical (unpaired) electrons. The zero-order chi connectivity index (χ0) is 17.9. The molecule has 1 atom stereocenters. The summed E-state index contributed by atoms with van der Waals surface area (Å²) in [6.45, 7) is 4.73. The first-order valence-corrected chi connectivity index (χ1v) is 10.2. The van der Waals surface area contributed by atoms with Crippen molar-refractivity contribution in [1.29, 1.82) is 0 Å².